The van der Waals surface area contributed by atoms with E-state index in [0.717, 1.165) is 31.5 Å². The van der Waals surface area contributed by atoms with Gasteiger partial charge in [0.2, 0.25) is 0 Å². The highest BCUT2D eigenvalue weighted by Crippen LogP contribution is 2.30. The van der Waals surface area contributed by atoms with Crippen LogP contribution in [0.4, 0.5) is 0 Å². The van der Waals surface area contributed by atoms with E-state index in [-0.39, 0.29) is 11.9 Å². The maximum Gasteiger partial charge on any atom is 0.256 e. The average molecular weight is 269 g/mol. The molecule has 0 bridgehead atoms. The highest BCUT2D eigenvalue weighted by molar-refractivity contribution is 5.94. The van der Waals surface area contributed by atoms with E-state index in [1.165, 1.54) is 0 Å². The van der Waals surface area contributed by atoms with Gasteiger partial charge in [-0.3, -0.25) is 9.89 Å². The van der Waals surface area contributed by atoms with Crippen LogP contribution in [0.5, 0.6) is 0 Å². The van der Waals surface area contributed by atoms with Crippen molar-refractivity contribution in [3.8, 4) is 6.07 Å². The third-order valence-electron chi connectivity index (χ3n) is 3.70. The number of piperidine rings is 1. The Bertz CT molecular complexity index is 637. The number of likely N-dealkylation sites (tertiary alicyclic amines) is 1. The van der Waals surface area contributed by atoms with Crippen molar-refractivity contribution in [1.82, 2.24) is 20.1 Å². The minimum absolute atomic E-state index is 0.0398. The van der Waals surface area contributed by atoms with Gasteiger partial charge in [0.05, 0.1) is 17.3 Å². The van der Waals surface area contributed by atoms with Crippen molar-refractivity contribution >= 4 is 5.91 Å². The summed E-state index contributed by atoms with van der Waals surface area (Å²) in [5.74, 6) is -0.0398. The molecule has 102 valence electrons. The molecule has 2 N–H and O–H groups in total. The number of H-pyrrole nitrogens is 2. The van der Waals surface area contributed by atoms with Crippen LogP contribution in [0.15, 0.2) is 24.5 Å². The Morgan fingerprint density at radius 3 is 3.10 bits per heavy atom. The van der Waals surface area contributed by atoms with Crippen molar-refractivity contribution < 1.29 is 4.79 Å². The first-order valence-corrected chi connectivity index (χ1v) is 6.68. The van der Waals surface area contributed by atoms with Gasteiger partial charge in [0.1, 0.15) is 11.8 Å². The summed E-state index contributed by atoms with van der Waals surface area (Å²) in [7, 11) is 0. The first-order valence-electron chi connectivity index (χ1n) is 6.68. The lowest BCUT2D eigenvalue weighted by Gasteiger charge is -2.34. The number of hydrogen-bond acceptors (Lipinski definition) is 3. The van der Waals surface area contributed by atoms with Gasteiger partial charge < -0.3 is 9.88 Å². The number of nitriles is 1. The number of aromatic amines is 2. The minimum Gasteiger partial charge on any atom is -0.352 e. The molecule has 1 aliphatic heterocycles. The van der Waals surface area contributed by atoms with Gasteiger partial charge in [0.25, 0.3) is 5.91 Å². The standard InChI is InChI=1S/C14H15N5O/c15-8-11-7-10(9-16-11)14(20)19-6-2-1-3-13(19)12-4-5-17-18-12/h4-5,7,9,13,16H,1-3,6H2,(H,17,18). The zero-order valence-electron chi connectivity index (χ0n) is 11.0. The van der Waals surface area contributed by atoms with Crippen LogP contribution in [0, 0.1) is 11.3 Å². The molecule has 6 nitrogen and oxygen atoms in total. The summed E-state index contributed by atoms with van der Waals surface area (Å²) >= 11 is 0. The Morgan fingerprint density at radius 2 is 2.40 bits per heavy atom. The molecule has 1 fully saturated rings. The number of aromatic nitrogens is 3. The fourth-order valence-corrected chi connectivity index (χ4v) is 2.70. The molecular formula is C14H15N5O. The van der Waals surface area contributed by atoms with E-state index in [2.05, 4.69) is 15.2 Å². The number of nitrogens with zero attached hydrogens (tertiary/aromatic N) is 3. The lowest BCUT2D eigenvalue weighted by atomic mass is 9.98. The number of hydrogen-bond donors (Lipinski definition) is 2. The van der Waals surface area contributed by atoms with E-state index < -0.39 is 0 Å². The predicted octanol–water partition coefficient (Wildman–Crippen LogP) is 1.98. The Hall–Kier alpha value is -2.55. The highest BCUT2D eigenvalue weighted by atomic mass is 16.2. The van der Waals surface area contributed by atoms with Gasteiger partial charge in [-0.2, -0.15) is 10.4 Å². The maximum absolute atomic E-state index is 12.6. The third kappa shape index (κ3) is 2.18. The zero-order valence-corrected chi connectivity index (χ0v) is 11.0. The van der Waals surface area contributed by atoms with Crippen molar-refractivity contribution in [3.63, 3.8) is 0 Å². The molecule has 0 spiro atoms. The van der Waals surface area contributed by atoms with Crippen LogP contribution in [0.2, 0.25) is 0 Å². The summed E-state index contributed by atoms with van der Waals surface area (Å²) in [5.41, 5.74) is 1.91. The summed E-state index contributed by atoms with van der Waals surface area (Å²) in [5, 5.41) is 15.8. The Morgan fingerprint density at radius 1 is 1.50 bits per heavy atom. The van der Waals surface area contributed by atoms with Gasteiger partial charge >= 0.3 is 0 Å². The molecule has 20 heavy (non-hydrogen) atoms. The third-order valence-corrected chi connectivity index (χ3v) is 3.70. The van der Waals surface area contributed by atoms with Crippen LogP contribution in [0.1, 0.15) is 47.1 Å². The molecule has 2 aromatic heterocycles. The lowest BCUT2D eigenvalue weighted by Crippen LogP contribution is -2.38. The quantitative estimate of drug-likeness (QED) is 0.873. The smallest absolute Gasteiger partial charge is 0.256 e. The molecule has 1 unspecified atom stereocenters. The van der Waals surface area contributed by atoms with Gasteiger partial charge in [-0.15, -0.1) is 0 Å². The van der Waals surface area contributed by atoms with Crippen LogP contribution in [0.3, 0.4) is 0 Å². The second kappa shape index (κ2) is 5.21. The van der Waals surface area contributed by atoms with Crippen LogP contribution in [-0.4, -0.2) is 32.5 Å². The van der Waals surface area contributed by atoms with E-state index in [4.69, 9.17) is 5.26 Å². The lowest BCUT2D eigenvalue weighted by molar-refractivity contribution is 0.0606. The zero-order chi connectivity index (χ0) is 13.9. The fraction of sp³-hybridized carbons (Fsp3) is 0.357. The summed E-state index contributed by atoms with van der Waals surface area (Å²) in [4.78, 5) is 17.3. The molecule has 0 radical (unpaired) electrons. The number of amides is 1. The number of rotatable bonds is 2. The van der Waals surface area contributed by atoms with Gasteiger partial charge in [-0.05, 0) is 31.4 Å². The van der Waals surface area contributed by atoms with Gasteiger partial charge in [-0.1, -0.05) is 0 Å². The molecule has 0 aliphatic carbocycles. The summed E-state index contributed by atoms with van der Waals surface area (Å²) in [6, 6.07) is 5.55. The largest absolute Gasteiger partial charge is 0.352 e. The predicted molar refractivity (Wildman–Crippen MR) is 71.7 cm³/mol. The molecule has 6 heteroatoms. The Balaban J connectivity index is 1.86. The Labute approximate surface area is 116 Å². The highest BCUT2D eigenvalue weighted by Gasteiger charge is 2.29. The number of carbonyl (C=O) groups excluding carboxylic acids is 1. The van der Waals surface area contributed by atoms with Crippen molar-refractivity contribution in [1.29, 1.82) is 5.26 Å². The summed E-state index contributed by atoms with van der Waals surface area (Å²) in [6.45, 7) is 0.732. The van der Waals surface area contributed by atoms with Crippen LogP contribution < -0.4 is 0 Å². The van der Waals surface area contributed by atoms with Crippen molar-refractivity contribution in [2.24, 2.45) is 0 Å². The van der Waals surface area contributed by atoms with Crippen molar-refractivity contribution in [2.75, 3.05) is 6.54 Å². The first-order chi connectivity index (χ1) is 9.79. The second-order valence-electron chi connectivity index (χ2n) is 4.94. The minimum atomic E-state index is -0.0398. The Kier molecular flexibility index (Phi) is 3.25. The van der Waals surface area contributed by atoms with Crippen LogP contribution in [0.25, 0.3) is 0 Å². The van der Waals surface area contributed by atoms with E-state index >= 15 is 0 Å². The summed E-state index contributed by atoms with van der Waals surface area (Å²) in [6.07, 6.45) is 6.34. The molecule has 1 aliphatic rings. The average Bonchev–Trinajstić information content (AvgIpc) is 3.17. The number of carbonyl (C=O) groups is 1. The van der Waals surface area contributed by atoms with E-state index in [0.29, 0.717) is 11.3 Å². The molecule has 0 saturated carbocycles. The SMILES string of the molecule is N#Cc1cc(C(=O)N2CCCCC2c2ccn[nH]2)c[nH]1. The van der Waals surface area contributed by atoms with Crippen molar-refractivity contribution in [2.45, 2.75) is 25.3 Å². The molecule has 1 amide bonds. The van der Waals surface area contributed by atoms with Crippen LogP contribution >= 0.6 is 0 Å². The first kappa shape index (κ1) is 12.5. The molecule has 1 saturated heterocycles. The van der Waals surface area contributed by atoms with Gasteiger partial charge in [-0.25, -0.2) is 0 Å². The summed E-state index contributed by atoms with van der Waals surface area (Å²) < 4.78 is 0. The number of nitrogens with one attached hydrogen (secondary N) is 2. The van der Waals surface area contributed by atoms with Gasteiger partial charge in [0, 0.05) is 18.9 Å². The molecule has 2 aromatic rings. The van der Waals surface area contributed by atoms with E-state index in [1.54, 1.807) is 18.5 Å². The molecule has 0 aromatic carbocycles. The van der Waals surface area contributed by atoms with E-state index in [9.17, 15) is 4.79 Å². The van der Waals surface area contributed by atoms with E-state index in [1.807, 2.05) is 17.0 Å². The monoisotopic (exact) mass is 269 g/mol. The molecule has 3 rings (SSSR count). The molecular weight excluding hydrogens is 254 g/mol. The maximum atomic E-state index is 12.6. The molecule has 3 heterocycles. The van der Waals surface area contributed by atoms with Gasteiger partial charge in [0.15, 0.2) is 0 Å². The second-order valence-corrected chi connectivity index (χ2v) is 4.94. The fourth-order valence-electron chi connectivity index (χ4n) is 2.70. The normalized spacial score (nSPS) is 18.8. The van der Waals surface area contributed by atoms with Crippen molar-refractivity contribution in [3.05, 3.63) is 41.5 Å². The molecule has 1 atom stereocenters. The van der Waals surface area contributed by atoms with Crippen LogP contribution in [-0.2, 0) is 0 Å². The topological polar surface area (TPSA) is 88.6 Å².